The minimum atomic E-state index is -4.04. The van der Waals surface area contributed by atoms with E-state index in [2.05, 4.69) is 23.3 Å². The minimum Gasteiger partial charge on any atom is -1.00 e. The fraction of sp³-hybridized carbons (Fsp3) is 0.294. The van der Waals surface area contributed by atoms with Gasteiger partial charge in [0.1, 0.15) is 19.5 Å². The molecular weight excluding hydrogens is 1050 g/mol. The van der Waals surface area contributed by atoms with E-state index in [1.54, 1.807) is 48.5 Å². The molecule has 5 rings (SSSR count). The SMILES string of the molecule is CCOC(=O)/C(F)=C/c1cc(F)c(OCc2ccccc2)c(F)c1.CCOC(=O)C(F)Cc1cc(F)c(O)c(F)c1.CCOC(=O)C(F)P(=O)(OCC)OCC.O=Cc1cc(F)c(OCc2ccccc2)c(F)c1.[H-].[Na+]. The Hall–Kier alpha value is -6.16. The summed E-state index contributed by atoms with van der Waals surface area (Å²) in [6, 6.07) is 23.1. The molecule has 0 aromatic heterocycles. The summed E-state index contributed by atoms with van der Waals surface area (Å²) in [6.45, 7) is 7.70. The fourth-order valence-corrected chi connectivity index (χ4v) is 6.97. The number of benzene rings is 5. The number of hydrogen-bond donors (Lipinski definition) is 1. The Morgan fingerprint density at radius 1 is 0.587 bits per heavy atom. The summed E-state index contributed by atoms with van der Waals surface area (Å²) in [7, 11) is -4.04. The van der Waals surface area contributed by atoms with Crippen LogP contribution in [0.15, 0.2) is 103 Å². The number of phenolic OH excluding ortho intramolecular Hbond substituents is 1. The van der Waals surface area contributed by atoms with Gasteiger partial charge in [-0.15, -0.1) is 0 Å². The van der Waals surface area contributed by atoms with Crippen LogP contribution < -0.4 is 39.0 Å². The largest absolute Gasteiger partial charge is 1.00 e. The summed E-state index contributed by atoms with van der Waals surface area (Å²) < 4.78 is 165. The number of carbonyl (C=O) groups is 4. The Bertz CT molecular complexity index is 2600. The second-order valence-corrected chi connectivity index (χ2v) is 16.4. The van der Waals surface area contributed by atoms with E-state index in [4.69, 9.17) is 14.6 Å². The summed E-state index contributed by atoms with van der Waals surface area (Å²) in [4.78, 5) is 43.6. The van der Waals surface area contributed by atoms with Gasteiger partial charge in [0, 0.05) is 12.0 Å². The Kier molecular flexibility index (Phi) is 31.3. The van der Waals surface area contributed by atoms with Crippen molar-refractivity contribution in [2.75, 3.05) is 33.0 Å². The van der Waals surface area contributed by atoms with Crippen LogP contribution in [-0.2, 0) is 61.8 Å². The van der Waals surface area contributed by atoms with E-state index in [0.29, 0.717) is 12.4 Å². The van der Waals surface area contributed by atoms with Crippen LogP contribution in [0.3, 0.4) is 0 Å². The zero-order chi connectivity index (χ0) is 55.4. The van der Waals surface area contributed by atoms with E-state index >= 15 is 0 Å². The van der Waals surface area contributed by atoms with Crippen molar-refractivity contribution in [2.45, 2.75) is 66.3 Å². The number of halogens is 9. The van der Waals surface area contributed by atoms with Crippen molar-refractivity contribution in [1.29, 1.82) is 0 Å². The first-order chi connectivity index (χ1) is 35.2. The van der Waals surface area contributed by atoms with Gasteiger partial charge in [-0.05, 0) is 99.3 Å². The summed E-state index contributed by atoms with van der Waals surface area (Å²) >= 11 is 0. The first-order valence-corrected chi connectivity index (χ1v) is 23.8. The zero-order valence-electron chi connectivity index (χ0n) is 42.4. The molecule has 0 spiro atoms. The van der Waals surface area contributed by atoms with E-state index in [1.165, 1.54) is 34.6 Å². The first kappa shape index (κ1) is 66.9. The molecular formula is C51H53F9NaO13P. The number of ether oxygens (including phenoxy) is 5. The molecule has 0 radical (unpaired) electrons. The number of aromatic hydroxyl groups is 1. The van der Waals surface area contributed by atoms with E-state index in [1.807, 2.05) is 12.1 Å². The maximum Gasteiger partial charge on any atom is 1.00 e. The third-order valence-corrected chi connectivity index (χ3v) is 10.8. The van der Waals surface area contributed by atoms with Gasteiger partial charge in [-0.25, -0.2) is 49.5 Å². The van der Waals surface area contributed by atoms with Crippen LogP contribution in [0.2, 0.25) is 0 Å². The molecule has 0 amide bonds. The van der Waals surface area contributed by atoms with Crippen molar-refractivity contribution < 1.29 is 132 Å². The summed E-state index contributed by atoms with van der Waals surface area (Å²) in [5.74, 6) is -15.4. The minimum absolute atomic E-state index is 0. The number of alkyl halides is 2. The van der Waals surface area contributed by atoms with Crippen LogP contribution >= 0.6 is 7.60 Å². The van der Waals surface area contributed by atoms with Crippen molar-refractivity contribution in [3.8, 4) is 17.2 Å². The van der Waals surface area contributed by atoms with Gasteiger partial charge in [0.15, 0.2) is 52.2 Å². The van der Waals surface area contributed by atoms with Gasteiger partial charge in [0.2, 0.25) is 12.0 Å². The Morgan fingerprint density at radius 3 is 1.37 bits per heavy atom. The standard InChI is InChI=1S/C18H15F3O3.C14H10F2O2.C11H11F3O3.C8H16FO5P.Na.H/c1-2-23-18(22)16(21)10-13-8-14(19)17(15(20)9-13)24-11-12-6-4-3-5-7-12;15-12-6-11(8-17)7-13(16)14(12)18-9-10-4-2-1-3-5-10;1-2-17-11(16)9(14)5-6-3-7(12)10(15)8(13)4-6;1-4-12-8(10)7(9)15(11,13-5-2)14-6-3;;/h3-10H,2,11H2,1H3;1-8H,9H2;3-4,9,15H,2,5H2,1H3;7H,4-6H2,1-3H3;;/q;;;;+1;-1/b16-10-;;;;;. The summed E-state index contributed by atoms with van der Waals surface area (Å²) in [5.41, 5.74) is 1.27. The van der Waals surface area contributed by atoms with Crippen LogP contribution in [0.25, 0.3) is 6.08 Å². The number of carbonyl (C=O) groups excluding carboxylic acids is 4. The van der Waals surface area contributed by atoms with Crippen LogP contribution in [0, 0.1) is 34.9 Å². The van der Waals surface area contributed by atoms with Gasteiger partial charge in [0.05, 0.1) is 33.0 Å². The van der Waals surface area contributed by atoms with Crippen molar-refractivity contribution in [3.63, 3.8) is 0 Å². The number of phenols is 1. The van der Waals surface area contributed by atoms with Crippen LogP contribution in [0.5, 0.6) is 17.2 Å². The quantitative estimate of drug-likeness (QED) is 0.0141. The molecule has 0 heterocycles. The maximum atomic E-state index is 14.0. The number of hydrogen-bond acceptors (Lipinski definition) is 13. The predicted octanol–water partition coefficient (Wildman–Crippen LogP) is 9.12. The van der Waals surface area contributed by atoms with Gasteiger partial charge in [0.25, 0.3) is 5.91 Å². The Labute approximate surface area is 450 Å². The smallest absolute Gasteiger partial charge is 1.00 e. The topological polar surface area (TPSA) is 170 Å². The van der Waals surface area contributed by atoms with Crippen molar-refractivity contribution in [3.05, 3.63) is 166 Å². The molecule has 1 N–H and O–H groups in total. The van der Waals surface area contributed by atoms with Crippen LogP contribution in [-0.4, -0.2) is 74.4 Å². The van der Waals surface area contributed by atoms with Gasteiger partial charge in [-0.3, -0.25) is 9.36 Å². The van der Waals surface area contributed by atoms with Gasteiger partial charge in [-0.2, -0.15) is 4.39 Å². The molecule has 0 bridgehead atoms. The molecule has 404 valence electrons. The molecule has 13 nitrogen and oxygen atoms in total. The number of esters is 3. The van der Waals surface area contributed by atoms with E-state index in [0.717, 1.165) is 47.5 Å². The number of rotatable bonds is 21. The molecule has 0 saturated heterocycles. The molecule has 24 heteroatoms. The summed E-state index contributed by atoms with van der Waals surface area (Å²) in [6.07, 6.45) is -1.41. The molecule has 5 aromatic carbocycles. The van der Waals surface area contributed by atoms with Gasteiger partial charge >= 0.3 is 55.1 Å². The zero-order valence-corrected chi connectivity index (χ0v) is 44.3. The molecule has 0 saturated carbocycles. The average Bonchev–Trinajstić information content (AvgIpc) is 3.36. The normalized spacial score (nSPS) is 11.5. The first-order valence-electron chi connectivity index (χ1n) is 22.2. The molecule has 5 aromatic rings. The molecule has 0 aliphatic carbocycles. The van der Waals surface area contributed by atoms with E-state index < -0.39 is 102 Å². The Balaban J connectivity index is 0.000000994. The van der Waals surface area contributed by atoms with Crippen molar-refractivity contribution >= 4 is 37.9 Å². The maximum absolute atomic E-state index is 14.0. The molecule has 0 aliphatic rings. The summed E-state index contributed by atoms with van der Waals surface area (Å²) in [5, 5.41) is 8.82. The average molecular weight is 1100 g/mol. The van der Waals surface area contributed by atoms with Gasteiger partial charge in [-0.1, -0.05) is 60.7 Å². The number of aldehydes is 1. The third-order valence-electron chi connectivity index (χ3n) is 8.80. The van der Waals surface area contributed by atoms with Gasteiger partial charge < -0.3 is 39.3 Å². The second kappa shape index (κ2) is 35.2. The predicted molar refractivity (Wildman–Crippen MR) is 252 cm³/mol. The van der Waals surface area contributed by atoms with Crippen LogP contribution in [0.1, 0.15) is 68.7 Å². The fourth-order valence-electron chi connectivity index (χ4n) is 5.58. The third kappa shape index (κ3) is 23.1. The van der Waals surface area contributed by atoms with E-state index in [9.17, 15) is 63.3 Å². The molecule has 0 aliphatic heterocycles. The molecule has 2 unspecified atom stereocenters. The molecule has 75 heavy (non-hydrogen) atoms. The monoisotopic (exact) mass is 1100 g/mol. The van der Waals surface area contributed by atoms with Crippen molar-refractivity contribution in [2.24, 2.45) is 0 Å². The van der Waals surface area contributed by atoms with E-state index in [-0.39, 0.29) is 93.9 Å². The second-order valence-electron chi connectivity index (χ2n) is 14.3. The molecule has 2 atom stereocenters. The Morgan fingerprint density at radius 2 is 0.987 bits per heavy atom. The van der Waals surface area contributed by atoms with Crippen molar-refractivity contribution in [1.82, 2.24) is 0 Å². The van der Waals surface area contributed by atoms with Crippen LogP contribution in [0.4, 0.5) is 39.5 Å². The molecule has 0 fully saturated rings.